The Balaban J connectivity index is 1.71. The summed E-state index contributed by atoms with van der Waals surface area (Å²) in [4.78, 5) is 15.9. The number of benzene rings is 1. The molecule has 0 aliphatic carbocycles. The summed E-state index contributed by atoms with van der Waals surface area (Å²) in [7, 11) is 0. The lowest BCUT2D eigenvalue weighted by molar-refractivity contribution is -0.119. The highest BCUT2D eigenvalue weighted by Crippen LogP contribution is 2.15. The van der Waals surface area contributed by atoms with Gasteiger partial charge in [-0.2, -0.15) is 4.98 Å². The predicted molar refractivity (Wildman–Crippen MR) is 66.9 cm³/mol. The number of nitrogens with zero attached hydrogens (tertiary/aromatic N) is 2. The van der Waals surface area contributed by atoms with Crippen LogP contribution in [0.4, 0.5) is 5.95 Å². The van der Waals surface area contributed by atoms with Crippen LogP contribution in [0.3, 0.4) is 0 Å². The lowest BCUT2D eigenvalue weighted by atomic mass is 10.1. The molecular weight excluding hydrogens is 230 g/mol. The minimum atomic E-state index is -0.108. The van der Waals surface area contributed by atoms with Crippen molar-refractivity contribution >= 4 is 11.9 Å². The van der Waals surface area contributed by atoms with E-state index in [0.29, 0.717) is 11.8 Å². The molecule has 1 aromatic heterocycles. The molecule has 0 bridgehead atoms. The average molecular weight is 243 g/mol. The van der Waals surface area contributed by atoms with Gasteiger partial charge in [0.25, 0.3) is 0 Å². The van der Waals surface area contributed by atoms with Crippen LogP contribution in [0.5, 0.6) is 0 Å². The summed E-state index contributed by atoms with van der Waals surface area (Å²) in [5.41, 5.74) is 0.937. The molecule has 18 heavy (non-hydrogen) atoms. The summed E-state index contributed by atoms with van der Waals surface area (Å²) in [5, 5.41) is 12.5. The van der Waals surface area contributed by atoms with Gasteiger partial charge >= 0.3 is 0 Å². The lowest BCUT2D eigenvalue weighted by Gasteiger charge is -2.25. The summed E-state index contributed by atoms with van der Waals surface area (Å²) >= 11 is 0. The summed E-state index contributed by atoms with van der Waals surface area (Å²) in [6, 6.07) is 9.54. The van der Waals surface area contributed by atoms with Gasteiger partial charge in [0.05, 0.1) is 6.04 Å². The minimum Gasteiger partial charge on any atom is -0.306 e. The summed E-state index contributed by atoms with van der Waals surface area (Å²) < 4.78 is 0. The molecule has 1 aliphatic rings. The highest BCUT2D eigenvalue weighted by Gasteiger charge is 2.25. The zero-order chi connectivity index (χ0) is 12.4. The molecule has 1 saturated heterocycles. The third-order valence-electron chi connectivity index (χ3n) is 2.91. The molecule has 1 aromatic carbocycles. The van der Waals surface area contributed by atoms with Gasteiger partial charge in [-0.25, -0.2) is 0 Å². The van der Waals surface area contributed by atoms with E-state index >= 15 is 0 Å². The van der Waals surface area contributed by atoms with Crippen LogP contribution in [0.25, 0.3) is 11.4 Å². The summed E-state index contributed by atoms with van der Waals surface area (Å²) in [6.45, 7) is 0.890. The van der Waals surface area contributed by atoms with E-state index in [1.807, 2.05) is 30.3 Å². The average Bonchev–Trinajstić information content (AvgIpc) is 2.76. The van der Waals surface area contributed by atoms with Gasteiger partial charge in [-0.3, -0.25) is 15.2 Å². The van der Waals surface area contributed by atoms with Crippen LogP contribution >= 0.6 is 0 Å². The van der Waals surface area contributed by atoms with Crippen molar-refractivity contribution in [1.82, 2.24) is 20.5 Å². The number of hydrogen-bond acceptors (Lipinski definition) is 4. The molecule has 1 fully saturated rings. The lowest BCUT2D eigenvalue weighted by Crippen LogP contribution is -2.50. The van der Waals surface area contributed by atoms with Gasteiger partial charge in [0.15, 0.2) is 5.82 Å². The van der Waals surface area contributed by atoms with E-state index in [2.05, 4.69) is 25.8 Å². The smallest absolute Gasteiger partial charge is 0.249 e. The molecule has 6 nitrogen and oxygen atoms in total. The van der Waals surface area contributed by atoms with E-state index < -0.39 is 0 Å². The molecule has 0 saturated carbocycles. The topological polar surface area (TPSA) is 82.7 Å². The van der Waals surface area contributed by atoms with Gasteiger partial charge in [0.2, 0.25) is 11.9 Å². The zero-order valence-electron chi connectivity index (χ0n) is 9.68. The fourth-order valence-electron chi connectivity index (χ4n) is 1.75. The number of rotatable bonds is 3. The van der Waals surface area contributed by atoms with Crippen molar-refractivity contribution < 1.29 is 4.79 Å². The number of amides is 1. The van der Waals surface area contributed by atoms with Crippen molar-refractivity contribution in [2.75, 3.05) is 11.9 Å². The Morgan fingerprint density at radius 3 is 2.78 bits per heavy atom. The van der Waals surface area contributed by atoms with Crippen LogP contribution in [0, 0.1) is 0 Å². The fourth-order valence-corrected chi connectivity index (χ4v) is 1.75. The van der Waals surface area contributed by atoms with Crippen LogP contribution in [0.15, 0.2) is 30.3 Å². The summed E-state index contributed by atoms with van der Waals surface area (Å²) in [6.07, 6.45) is 0.863. The maximum Gasteiger partial charge on any atom is 0.249 e. The van der Waals surface area contributed by atoms with E-state index in [1.165, 1.54) is 0 Å². The Bertz CT molecular complexity index is 547. The Morgan fingerprint density at radius 2 is 2.11 bits per heavy atom. The second-order valence-corrected chi connectivity index (χ2v) is 4.16. The Kier molecular flexibility index (Phi) is 2.77. The molecule has 1 atom stereocenters. The standard InChI is InChI=1S/C12H13N5O/c18-11(9-6-7-13-9)15-12-14-10(16-17-12)8-4-2-1-3-5-8/h1-5,9,13H,6-7H2,(H2,14,15,16,17,18)/t9-/m0/s1. The monoisotopic (exact) mass is 243 g/mol. The normalized spacial score (nSPS) is 18.1. The van der Waals surface area contributed by atoms with Gasteiger partial charge in [0.1, 0.15) is 0 Å². The van der Waals surface area contributed by atoms with Crippen LogP contribution in [-0.2, 0) is 4.79 Å². The first kappa shape index (κ1) is 10.9. The van der Waals surface area contributed by atoms with Crippen molar-refractivity contribution in [1.29, 1.82) is 0 Å². The van der Waals surface area contributed by atoms with Crippen LogP contribution in [-0.4, -0.2) is 33.7 Å². The molecule has 92 valence electrons. The molecule has 2 aromatic rings. The third-order valence-corrected chi connectivity index (χ3v) is 2.91. The van der Waals surface area contributed by atoms with Crippen molar-refractivity contribution in [2.24, 2.45) is 0 Å². The highest BCUT2D eigenvalue weighted by atomic mass is 16.2. The number of nitrogens with one attached hydrogen (secondary N) is 3. The van der Waals surface area contributed by atoms with Crippen LogP contribution in [0.2, 0.25) is 0 Å². The summed E-state index contributed by atoms with van der Waals surface area (Å²) in [5.74, 6) is 0.875. The molecule has 2 heterocycles. The number of anilines is 1. The Labute approximate surface area is 104 Å². The molecule has 3 N–H and O–H groups in total. The zero-order valence-corrected chi connectivity index (χ0v) is 9.68. The molecule has 0 radical (unpaired) electrons. The number of H-pyrrole nitrogens is 1. The number of carbonyl (C=O) groups is 1. The highest BCUT2D eigenvalue weighted by molar-refractivity contribution is 5.94. The Morgan fingerprint density at radius 1 is 1.33 bits per heavy atom. The van der Waals surface area contributed by atoms with Gasteiger partial charge in [-0.05, 0) is 13.0 Å². The van der Waals surface area contributed by atoms with E-state index in [0.717, 1.165) is 18.5 Å². The van der Waals surface area contributed by atoms with Gasteiger partial charge < -0.3 is 5.32 Å². The molecule has 0 unspecified atom stereocenters. The first-order valence-electron chi connectivity index (χ1n) is 5.85. The first-order chi connectivity index (χ1) is 8.83. The Hall–Kier alpha value is -2.21. The second-order valence-electron chi connectivity index (χ2n) is 4.16. The van der Waals surface area contributed by atoms with Crippen molar-refractivity contribution in [3.8, 4) is 11.4 Å². The minimum absolute atomic E-state index is 0.0835. The maximum absolute atomic E-state index is 11.7. The van der Waals surface area contributed by atoms with E-state index in [-0.39, 0.29) is 11.9 Å². The quantitative estimate of drug-likeness (QED) is 0.743. The third kappa shape index (κ3) is 2.10. The number of aromatic nitrogens is 3. The van der Waals surface area contributed by atoms with E-state index in [1.54, 1.807) is 0 Å². The van der Waals surface area contributed by atoms with Crippen LogP contribution in [0.1, 0.15) is 6.42 Å². The molecule has 3 rings (SSSR count). The largest absolute Gasteiger partial charge is 0.306 e. The molecule has 0 spiro atoms. The van der Waals surface area contributed by atoms with Gasteiger partial charge in [-0.15, -0.1) is 5.10 Å². The van der Waals surface area contributed by atoms with Gasteiger partial charge in [-0.1, -0.05) is 30.3 Å². The van der Waals surface area contributed by atoms with Crippen LogP contribution < -0.4 is 10.6 Å². The first-order valence-corrected chi connectivity index (χ1v) is 5.85. The van der Waals surface area contributed by atoms with E-state index in [9.17, 15) is 4.79 Å². The second kappa shape index (κ2) is 4.58. The van der Waals surface area contributed by atoms with Crippen molar-refractivity contribution in [3.05, 3.63) is 30.3 Å². The maximum atomic E-state index is 11.7. The van der Waals surface area contributed by atoms with Crippen molar-refractivity contribution in [2.45, 2.75) is 12.5 Å². The van der Waals surface area contributed by atoms with Crippen molar-refractivity contribution in [3.63, 3.8) is 0 Å². The number of hydrogen-bond donors (Lipinski definition) is 3. The molecule has 1 aliphatic heterocycles. The predicted octanol–water partition coefficient (Wildman–Crippen LogP) is 0.772. The fraction of sp³-hybridized carbons (Fsp3) is 0.250. The SMILES string of the molecule is O=C(Nc1n[nH]c(-c2ccccc2)n1)[C@@H]1CCN1. The molecule has 6 heteroatoms. The molecule has 1 amide bonds. The van der Waals surface area contributed by atoms with Gasteiger partial charge in [0, 0.05) is 5.56 Å². The number of carbonyl (C=O) groups excluding carboxylic acids is 1. The molecular formula is C12H13N5O. The van der Waals surface area contributed by atoms with E-state index in [4.69, 9.17) is 0 Å². The number of aromatic amines is 1.